The van der Waals surface area contributed by atoms with E-state index in [2.05, 4.69) is 9.97 Å². The highest BCUT2D eigenvalue weighted by atomic mass is 32.2. The molecule has 0 aliphatic carbocycles. The van der Waals surface area contributed by atoms with E-state index >= 15 is 0 Å². The Balaban J connectivity index is 1.52. The van der Waals surface area contributed by atoms with Gasteiger partial charge in [-0.25, -0.2) is 13.4 Å². The molecule has 140 valence electrons. The Hall–Kier alpha value is -2.58. The van der Waals surface area contributed by atoms with E-state index in [0.29, 0.717) is 38.0 Å². The van der Waals surface area contributed by atoms with Crippen LogP contribution in [0.3, 0.4) is 0 Å². The Labute approximate surface area is 157 Å². The Morgan fingerprint density at radius 1 is 1.04 bits per heavy atom. The molecular weight excluding hydrogens is 364 g/mol. The van der Waals surface area contributed by atoms with Crippen LogP contribution >= 0.6 is 0 Å². The van der Waals surface area contributed by atoms with Gasteiger partial charge in [-0.1, -0.05) is 18.2 Å². The third-order valence-electron chi connectivity index (χ3n) is 5.03. The van der Waals surface area contributed by atoms with Crippen LogP contribution in [-0.2, 0) is 16.6 Å². The van der Waals surface area contributed by atoms with Gasteiger partial charge in [0.25, 0.3) is 5.56 Å². The number of nitrogens with zero attached hydrogens (tertiary/aromatic N) is 4. The first-order valence-electron chi connectivity index (χ1n) is 8.90. The van der Waals surface area contributed by atoms with Gasteiger partial charge in [-0.05, 0) is 30.9 Å². The van der Waals surface area contributed by atoms with E-state index in [1.54, 1.807) is 29.0 Å². The maximum Gasteiger partial charge on any atom is 0.253 e. The normalized spacial score (nSPS) is 16.6. The van der Waals surface area contributed by atoms with Crippen LogP contribution in [0.1, 0.15) is 12.8 Å². The molecule has 2 aromatic heterocycles. The minimum atomic E-state index is -3.60. The molecule has 1 aromatic carbocycles. The van der Waals surface area contributed by atoms with Crippen LogP contribution in [-0.4, -0.2) is 40.3 Å². The molecule has 0 bridgehead atoms. The zero-order valence-corrected chi connectivity index (χ0v) is 15.5. The fourth-order valence-electron chi connectivity index (χ4n) is 3.55. The molecule has 0 radical (unpaired) electrons. The molecule has 1 saturated heterocycles. The number of hydrogen-bond donors (Lipinski definition) is 0. The van der Waals surface area contributed by atoms with E-state index < -0.39 is 10.0 Å². The highest BCUT2D eigenvalue weighted by Crippen LogP contribution is 2.28. The molecule has 4 rings (SSSR count). The standard InChI is InChI=1S/C19H20N4O3S/c24-18-6-10-20-14-22(18)13-15-7-11-23(12-8-15)27(25,26)17-5-1-3-16-4-2-9-21-19(16)17/h1-6,9-10,14-15H,7-8,11-13H2. The molecule has 1 aliphatic rings. The Morgan fingerprint density at radius 3 is 2.59 bits per heavy atom. The van der Waals surface area contributed by atoms with Gasteiger partial charge >= 0.3 is 0 Å². The first-order valence-corrected chi connectivity index (χ1v) is 10.3. The van der Waals surface area contributed by atoms with E-state index in [1.807, 2.05) is 12.1 Å². The van der Waals surface area contributed by atoms with Crippen LogP contribution in [0, 0.1) is 5.92 Å². The topological polar surface area (TPSA) is 85.2 Å². The van der Waals surface area contributed by atoms with Gasteiger partial charge in [0.15, 0.2) is 0 Å². The van der Waals surface area contributed by atoms with Gasteiger partial charge in [-0.2, -0.15) is 4.31 Å². The zero-order chi connectivity index (χ0) is 18.9. The van der Waals surface area contributed by atoms with Crippen molar-refractivity contribution in [2.75, 3.05) is 13.1 Å². The second kappa shape index (κ2) is 7.21. The molecule has 7 nitrogen and oxygen atoms in total. The van der Waals surface area contributed by atoms with E-state index in [1.165, 1.54) is 22.9 Å². The summed E-state index contributed by atoms with van der Waals surface area (Å²) in [4.78, 5) is 20.3. The summed E-state index contributed by atoms with van der Waals surface area (Å²) in [5.74, 6) is 0.254. The van der Waals surface area contributed by atoms with E-state index in [-0.39, 0.29) is 16.4 Å². The van der Waals surface area contributed by atoms with Crippen molar-refractivity contribution < 1.29 is 8.42 Å². The Bertz CT molecular complexity index is 1110. The lowest BCUT2D eigenvalue weighted by molar-refractivity contribution is 0.251. The third-order valence-corrected chi connectivity index (χ3v) is 6.96. The summed E-state index contributed by atoms with van der Waals surface area (Å²) < 4.78 is 29.4. The molecule has 0 saturated carbocycles. The Kier molecular flexibility index (Phi) is 4.75. The summed E-state index contributed by atoms with van der Waals surface area (Å²) in [5.41, 5.74) is 0.422. The predicted molar refractivity (Wildman–Crippen MR) is 102 cm³/mol. The number of pyridine rings is 1. The molecule has 27 heavy (non-hydrogen) atoms. The molecular formula is C19H20N4O3S. The lowest BCUT2D eigenvalue weighted by Gasteiger charge is -2.31. The second-order valence-corrected chi connectivity index (χ2v) is 8.66. The van der Waals surface area contributed by atoms with Crippen LogP contribution < -0.4 is 5.56 Å². The summed E-state index contributed by atoms with van der Waals surface area (Å²) in [7, 11) is -3.60. The lowest BCUT2D eigenvalue weighted by Crippen LogP contribution is -2.40. The van der Waals surface area contributed by atoms with Crippen LogP contribution in [0.2, 0.25) is 0 Å². The monoisotopic (exact) mass is 384 g/mol. The molecule has 8 heteroatoms. The average molecular weight is 384 g/mol. The molecule has 3 aromatic rings. The fraction of sp³-hybridized carbons (Fsp3) is 0.316. The number of hydrogen-bond acceptors (Lipinski definition) is 5. The summed E-state index contributed by atoms with van der Waals surface area (Å²) >= 11 is 0. The minimum absolute atomic E-state index is 0.0816. The molecule has 3 heterocycles. The molecule has 0 unspecified atom stereocenters. The number of sulfonamides is 1. The summed E-state index contributed by atoms with van der Waals surface area (Å²) in [6.07, 6.45) is 6.04. The molecule has 0 amide bonds. The van der Waals surface area contributed by atoms with Crippen molar-refractivity contribution in [3.8, 4) is 0 Å². The van der Waals surface area contributed by atoms with Gasteiger partial charge in [0, 0.05) is 43.5 Å². The summed E-state index contributed by atoms with van der Waals surface area (Å²) in [5, 5.41) is 0.810. The van der Waals surface area contributed by atoms with Crippen molar-refractivity contribution in [1.82, 2.24) is 18.8 Å². The summed E-state index contributed by atoms with van der Waals surface area (Å²) in [6.45, 7) is 1.44. The van der Waals surface area contributed by atoms with E-state index in [9.17, 15) is 13.2 Å². The number of benzene rings is 1. The van der Waals surface area contributed by atoms with Gasteiger partial charge in [0.1, 0.15) is 4.90 Å². The summed E-state index contributed by atoms with van der Waals surface area (Å²) in [6, 6.07) is 10.3. The maximum absolute atomic E-state index is 13.1. The number of fused-ring (bicyclic) bond motifs is 1. The van der Waals surface area contributed by atoms with Crippen molar-refractivity contribution in [2.45, 2.75) is 24.3 Å². The van der Waals surface area contributed by atoms with Crippen LogP contribution in [0.15, 0.2) is 64.8 Å². The average Bonchev–Trinajstić information content (AvgIpc) is 2.70. The molecule has 0 spiro atoms. The van der Waals surface area contributed by atoms with E-state index in [0.717, 1.165) is 5.39 Å². The van der Waals surface area contributed by atoms with Crippen LogP contribution in [0.5, 0.6) is 0 Å². The Morgan fingerprint density at radius 2 is 1.81 bits per heavy atom. The number of rotatable bonds is 4. The zero-order valence-electron chi connectivity index (χ0n) is 14.7. The maximum atomic E-state index is 13.1. The van der Waals surface area contributed by atoms with Gasteiger partial charge in [-0.3, -0.25) is 14.3 Å². The van der Waals surface area contributed by atoms with Gasteiger partial charge in [-0.15, -0.1) is 0 Å². The predicted octanol–water partition coefficient (Wildman–Crippen LogP) is 1.89. The van der Waals surface area contributed by atoms with Crippen LogP contribution in [0.4, 0.5) is 0 Å². The first-order chi connectivity index (χ1) is 13.1. The number of para-hydroxylation sites is 1. The van der Waals surface area contributed by atoms with Crippen molar-refractivity contribution >= 4 is 20.9 Å². The van der Waals surface area contributed by atoms with Gasteiger partial charge < -0.3 is 0 Å². The molecule has 0 atom stereocenters. The number of aromatic nitrogens is 3. The van der Waals surface area contributed by atoms with Gasteiger partial charge in [0.05, 0.1) is 11.8 Å². The second-order valence-electron chi connectivity index (χ2n) is 6.75. The molecule has 0 N–H and O–H groups in total. The van der Waals surface area contributed by atoms with Gasteiger partial charge in [0.2, 0.25) is 10.0 Å². The number of piperidine rings is 1. The van der Waals surface area contributed by atoms with Crippen molar-refractivity contribution in [3.63, 3.8) is 0 Å². The fourth-order valence-corrected chi connectivity index (χ4v) is 5.18. The highest BCUT2D eigenvalue weighted by Gasteiger charge is 2.31. The van der Waals surface area contributed by atoms with E-state index in [4.69, 9.17) is 0 Å². The SMILES string of the molecule is O=c1ccncn1CC1CCN(S(=O)(=O)c2cccc3cccnc23)CC1. The highest BCUT2D eigenvalue weighted by molar-refractivity contribution is 7.89. The van der Waals surface area contributed by atoms with Crippen molar-refractivity contribution in [1.29, 1.82) is 0 Å². The third kappa shape index (κ3) is 3.50. The molecule has 1 fully saturated rings. The smallest absolute Gasteiger partial charge is 0.253 e. The molecule has 1 aliphatic heterocycles. The lowest BCUT2D eigenvalue weighted by atomic mass is 9.98. The van der Waals surface area contributed by atoms with Crippen molar-refractivity contribution in [2.24, 2.45) is 5.92 Å². The minimum Gasteiger partial charge on any atom is -0.299 e. The largest absolute Gasteiger partial charge is 0.299 e. The quantitative estimate of drug-likeness (QED) is 0.686. The van der Waals surface area contributed by atoms with Crippen molar-refractivity contribution in [3.05, 3.63) is 65.5 Å². The van der Waals surface area contributed by atoms with Crippen LogP contribution in [0.25, 0.3) is 10.9 Å². The first kappa shape index (κ1) is 17.8.